The number of aliphatic carboxylic acids is 1. The van der Waals surface area contributed by atoms with Crippen LogP contribution in [0.15, 0.2) is 65.2 Å². The van der Waals surface area contributed by atoms with Gasteiger partial charge in [-0.3, -0.25) is 10.1 Å². The summed E-state index contributed by atoms with van der Waals surface area (Å²) < 4.78 is 60.4. The SMILES string of the molecule is Cc1cc(-c2nc(-c3ccc(CNC(C)(C)C(=O)O)c(F)c3)no2)ccc1-c1ccccc1C(F)(F)F.Cl. The molecule has 0 saturated carbocycles. The predicted molar refractivity (Wildman–Crippen MR) is 136 cm³/mol. The monoisotopic (exact) mass is 549 g/mol. The van der Waals surface area contributed by atoms with E-state index in [9.17, 15) is 27.5 Å². The van der Waals surface area contributed by atoms with Gasteiger partial charge in [0.15, 0.2) is 0 Å². The standard InChI is InChI=1S/C27H23F4N3O3.ClH/c1-15-12-17(10-11-19(15)20-6-4-5-7-21(20)27(29,30)31)24-33-23(34-37-24)16-8-9-18(22(28)13-16)14-32-26(2,3)25(35)36;/h4-13,32H,14H2,1-3H3,(H,35,36);1H. The number of carboxylic acids is 1. The molecule has 11 heteroatoms. The van der Waals surface area contributed by atoms with Crippen LogP contribution in [0.3, 0.4) is 0 Å². The van der Waals surface area contributed by atoms with Crippen LogP contribution in [-0.4, -0.2) is 26.8 Å². The molecule has 4 rings (SSSR count). The average molecular weight is 550 g/mol. The van der Waals surface area contributed by atoms with E-state index in [2.05, 4.69) is 15.5 Å². The van der Waals surface area contributed by atoms with Gasteiger partial charge >= 0.3 is 12.1 Å². The molecule has 0 fully saturated rings. The summed E-state index contributed by atoms with van der Waals surface area (Å²) in [5.74, 6) is -1.37. The molecule has 0 bridgehead atoms. The molecule has 0 atom stereocenters. The second-order valence-electron chi connectivity index (χ2n) is 9.09. The van der Waals surface area contributed by atoms with Gasteiger partial charge in [-0.05, 0) is 61.7 Å². The van der Waals surface area contributed by atoms with E-state index in [1.165, 1.54) is 38.1 Å². The molecular weight excluding hydrogens is 526 g/mol. The molecule has 2 N–H and O–H groups in total. The normalized spacial score (nSPS) is 11.8. The van der Waals surface area contributed by atoms with Crippen LogP contribution in [0.2, 0.25) is 0 Å². The summed E-state index contributed by atoms with van der Waals surface area (Å²) in [4.78, 5) is 15.5. The van der Waals surface area contributed by atoms with Crippen molar-refractivity contribution in [1.82, 2.24) is 15.5 Å². The van der Waals surface area contributed by atoms with Crippen LogP contribution in [0.1, 0.15) is 30.5 Å². The van der Waals surface area contributed by atoms with Crippen LogP contribution in [0, 0.1) is 12.7 Å². The summed E-state index contributed by atoms with van der Waals surface area (Å²) in [5, 5.41) is 15.9. The maximum Gasteiger partial charge on any atom is 0.417 e. The quantitative estimate of drug-likeness (QED) is 0.243. The van der Waals surface area contributed by atoms with E-state index in [-0.39, 0.29) is 41.8 Å². The maximum absolute atomic E-state index is 14.7. The average Bonchev–Trinajstić information content (AvgIpc) is 3.33. The third-order valence-corrected chi connectivity index (χ3v) is 5.99. The molecule has 0 unspecified atom stereocenters. The summed E-state index contributed by atoms with van der Waals surface area (Å²) in [6, 6.07) is 14.5. The number of carboxylic acid groups (broad SMARTS) is 1. The number of nitrogens with zero attached hydrogens (tertiary/aromatic N) is 2. The number of rotatable bonds is 7. The highest BCUT2D eigenvalue weighted by Gasteiger charge is 2.33. The minimum atomic E-state index is -4.49. The lowest BCUT2D eigenvalue weighted by atomic mass is 9.94. The number of carbonyl (C=O) groups is 1. The van der Waals surface area contributed by atoms with Gasteiger partial charge in [0.1, 0.15) is 11.4 Å². The highest BCUT2D eigenvalue weighted by Crippen LogP contribution is 2.38. The van der Waals surface area contributed by atoms with Crippen molar-refractivity contribution in [3.63, 3.8) is 0 Å². The van der Waals surface area contributed by atoms with E-state index in [1.807, 2.05) is 0 Å². The van der Waals surface area contributed by atoms with E-state index in [1.54, 1.807) is 37.3 Å². The number of hydrogen-bond acceptors (Lipinski definition) is 5. The highest BCUT2D eigenvalue weighted by molar-refractivity contribution is 5.85. The Kier molecular flexibility index (Phi) is 8.28. The van der Waals surface area contributed by atoms with Crippen molar-refractivity contribution in [1.29, 1.82) is 0 Å². The van der Waals surface area contributed by atoms with Gasteiger partial charge in [-0.1, -0.05) is 41.6 Å². The molecule has 38 heavy (non-hydrogen) atoms. The fraction of sp³-hybridized carbons (Fsp3) is 0.222. The number of aromatic nitrogens is 2. The van der Waals surface area contributed by atoms with E-state index >= 15 is 0 Å². The van der Waals surface area contributed by atoms with E-state index in [0.29, 0.717) is 22.3 Å². The Hall–Kier alpha value is -3.76. The fourth-order valence-electron chi connectivity index (χ4n) is 3.74. The van der Waals surface area contributed by atoms with Crippen molar-refractivity contribution in [2.45, 2.75) is 39.0 Å². The van der Waals surface area contributed by atoms with Crippen LogP contribution in [0.25, 0.3) is 34.0 Å². The Balaban J connectivity index is 0.00000400. The third-order valence-electron chi connectivity index (χ3n) is 5.99. The van der Waals surface area contributed by atoms with Gasteiger partial charge in [0.25, 0.3) is 5.89 Å². The van der Waals surface area contributed by atoms with Crippen molar-refractivity contribution in [2.75, 3.05) is 0 Å². The largest absolute Gasteiger partial charge is 0.480 e. The van der Waals surface area contributed by atoms with Gasteiger partial charge in [0, 0.05) is 23.2 Å². The Bertz CT molecular complexity index is 1470. The number of nitrogens with one attached hydrogen (secondary N) is 1. The second-order valence-corrected chi connectivity index (χ2v) is 9.09. The van der Waals surface area contributed by atoms with Crippen LogP contribution >= 0.6 is 12.4 Å². The van der Waals surface area contributed by atoms with Gasteiger partial charge in [-0.2, -0.15) is 18.2 Å². The second kappa shape index (κ2) is 10.9. The summed E-state index contributed by atoms with van der Waals surface area (Å²) in [5.41, 5.74) is 0.251. The van der Waals surface area contributed by atoms with Crippen molar-refractivity contribution in [3.05, 3.63) is 83.2 Å². The molecule has 0 aliphatic heterocycles. The van der Waals surface area contributed by atoms with E-state index in [0.717, 1.165) is 6.07 Å². The smallest absolute Gasteiger partial charge is 0.417 e. The zero-order valence-electron chi connectivity index (χ0n) is 20.6. The molecule has 6 nitrogen and oxygen atoms in total. The lowest BCUT2D eigenvalue weighted by Crippen LogP contribution is -2.46. The lowest BCUT2D eigenvalue weighted by molar-refractivity contribution is -0.143. The predicted octanol–water partition coefficient (Wildman–Crippen LogP) is 6.91. The Morgan fingerprint density at radius 1 is 1.00 bits per heavy atom. The lowest BCUT2D eigenvalue weighted by Gasteiger charge is -2.21. The first-order chi connectivity index (χ1) is 17.4. The van der Waals surface area contributed by atoms with Crippen LogP contribution in [0.4, 0.5) is 17.6 Å². The first-order valence-corrected chi connectivity index (χ1v) is 11.3. The number of benzene rings is 3. The molecule has 1 heterocycles. The number of halogens is 5. The number of hydrogen-bond donors (Lipinski definition) is 2. The zero-order valence-corrected chi connectivity index (χ0v) is 21.4. The molecule has 1 aromatic heterocycles. The van der Waals surface area contributed by atoms with Crippen molar-refractivity contribution in [3.8, 4) is 34.0 Å². The third kappa shape index (κ3) is 6.03. The molecule has 4 aromatic rings. The first kappa shape index (κ1) is 28.8. The Labute approximate surface area is 222 Å². The number of alkyl halides is 3. The van der Waals surface area contributed by atoms with Gasteiger partial charge < -0.3 is 9.63 Å². The summed E-state index contributed by atoms with van der Waals surface area (Å²) in [6.45, 7) is 4.65. The molecule has 200 valence electrons. The van der Waals surface area contributed by atoms with Crippen LogP contribution in [0.5, 0.6) is 0 Å². The van der Waals surface area contributed by atoms with Crippen molar-refractivity contribution in [2.24, 2.45) is 0 Å². The van der Waals surface area contributed by atoms with Crippen molar-refractivity contribution >= 4 is 18.4 Å². The first-order valence-electron chi connectivity index (χ1n) is 11.3. The van der Waals surface area contributed by atoms with Gasteiger partial charge in [-0.15, -0.1) is 12.4 Å². The van der Waals surface area contributed by atoms with Gasteiger partial charge in [0.2, 0.25) is 5.82 Å². The van der Waals surface area contributed by atoms with Crippen molar-refractivity contribution < 1.29 is 32.0 Å². The molecule has 0 radical (unpaired) electrons. The van der Waals surface area contributed by atoms with Crippen LogP contribution in [-0.2, 0) is 17.5 Å². The summed E-state index contributed by atoms with van der Waals surface area (Å²) >= 11 is 0. The molecule has 0 aliphatic carbocycles. The van der Waals surface area contributed by atoms with E-state index in [4.69, 9.17) is 4.52 Å². The molecular formula is C27H24ClF4N3O3. The molecule has 0 saturated heterocycles. The molecule has 3 aromatic carbocycles. The molecule has 0 amide bonds. The molecule has 0 aliphatic rings. The minimum Gasteiger partial charge on any atom is -0.480 e. The maximum atomic E-state index is 14.7. The Morgan fingerprint density at radius 3 is 2.32 bits per heavy atom. The molecule has 0 spiro atoms. The minimum absolute atomic E-state index is 0. The van der Waals surface area contributed by atoms with Crippen LogP contribution < -0.4 is 5.32 Å². The summed E-state index contributed by atoms with van der Waals surface area (Å²) in [6.07, 6.45) is -4.49. The highest BCUT2D eigenvalue weighted by atomic mass is 35.5. The van der Waals surface area contributed by atoms with Gasteiger partial charge in [0.05, 0.1) is 5.56 Å². The Morgan fingerprint density at radius 2 is 1.68 bits per heavy atom. The number of aryl methyl sites for hydroxylation is 1. The van der Waals surface area contributed by atoms with Gasteiger partial charge in [-0.25, -0.2) is 4.39 Å². The van der Waals surface area contributed by atoms with E-state index < -0.39 is 29.1 Å². The topological polar surface area (TPSA) is 88.2 Å². The fourth-order valence-corrected chi connectivity index (χ4v) is 3.74. The zero-order chi connectivity index (χ0) is 27.0. The summed E-state index contributed by atoms with van der Waals surface area (Å²) in [7, 11) is 0.